The highest BCUT2D eigenvalue weighted by molar-refractivity contribution is 6.16. The normalized spacial score (nSPS) is 10.5. The van der Waals surface area contributed by atoms with E-state index in [4.69, 9.17) is 7.98 Å². The highest BCUT2D eigenvalue weighted by Gasteiger charge is 2.04. The molecule has 0 bridgehead atoms. The van der Waals surface area contributed by atoms with Gasteiger partial charge in [-0.15, -0.1) is 0 Å². The molecule has 0 aliphatic carbocycles. The summed E-state index contributed by atoms with van der Waals surface area (Å²) in [6, 6.07) is 8.51. The topological polar surface area (TPSA) is 70.9 Å². The van der Waals surface area contributed by atoms with E-state index in [2.05, 4.69) is 20.2 Å². The van der Waals surface area contributed by atoms with Crippen molar-refractivity contribution in [3.8, 4) is 17.1 Å². The number of pyridine rings is 1. The molecule has 0 fully saturated rings. The van der Waals surface area contributed by atoms with Gasteiger partial charge in [0.15, 0.2) is 5.82 Å². The molecule has 1 aromatic carbocycles. The van der Waals surface area contributed by atoms with Crippen molar-refractivity contribution in [2.75, 3.05) is 5.23 Å². The molecule has 0 saturated carbocycles. The highest BCUT2D eigenvalue weighted by atomic mass is 16.3. The zero-order valence-electron chi connectivity index (χ0n) is 9.91. The molecule has 2 radical (unpaired) electrons. The fraction of sp³-hybridized carbons (Fsp3) is 0. The average molecular weight is 248 g/mol. The van der Waals surface area contributed by atoms with Gasteiger partial charge in [0.25, 0.3) is 0 Å². The molecule has 19 heavy (non-hydrogen) atoms. The maximum Gasteiger partial charge on any atom is 0.222 e. The monoisotopic (exact) mass is 248 g/mol. The van der Waals surface area contributed by atoms with Crippen LogP contribution in [-0.2, 0) is 0 Å². The summed E-state index contributed by atoms with van der Waals surface area (Å²) in [7, 11) is 5.35. The average Bonchev–Trinajstić information content (AvgIpc) is 2.47. The lowest BCUT2D eigenvalue weighted by Crippen LogP contribution is -1.95. The molecule has 5 nitrogen and oxygen atoms in total. The van der Waals surface area contributed by atoms with Gasteiger partial charge >= 0.3 is 0 Å². The fourth-order valence-electron chi connectivity index (χ4n) is 1.75. The number of hydrogen-bond donors (Lipinski definition) is 2. The molecular formula is C13H9BN4O. The first-order valence-electron chi connectivity index (χ1n) is 5.65. The first-order chi connectivity index (χ1) is 9.26. The van der Waals surface area contributed by atoms with Crippen molar-refractivity contribution in [2.45, 2.75) is 0 Å². The number of anilines is 1. The summed E-state index contributed by atoms with van der Waals surface area (Å²) in [4.78, 5) is 12.9. The standard InChI is InChI=1S/C13H9BN4O/c14-18-9-5-11-12(15-6-9)7-16-13(17-11)8-1-3-10(19)4-2-8/h1-7,18-19H. The van der Waals surface area contributed by atoms with Crippen LogP contribution in [0.5, 0.6) is 5.75 Å². The summed E-state index contributed by atoms with van der Waals surface area (Å²) in [6.45, 7) is 0. The number of fused-ring (bicyclic) bond motifs is 1. The Morgan fingerprint density at radius 1 is 1.00 bits per heavy atom. The highest BCUT2D eigenvalue weighted by Crippen LogP contribution is 2.21. The maximum atomic E-state index is 9.27. The molecule has 0 aliphatic heterocycles. The van der Waals surface area contributed by atoms with Crippen molar-refractivity contribution in [2.24, 2.45) is 0 Å². The second-order valence-electron chi connectivity index (χ2n) is 4.01. The second kappa shape index (κ2) is 4.57. The number of nitrogens with zero attached hydrogens (tertiary/aromatic N) is 3. The minimum atomic E-state index is 0.209. The molecule has 0 atom stereocenters. The Morgan fingerprint density at radius 3 is 2.53 bits per heavy atom. The Labute approximate surface area is 110 Å². The molecule has 3 rings (SSSR count). The van der Waals surface area contributed by atoms with E-state index >= 15 is 0 Å². The zero-order valence-corrected chi connectivity index (χ0v) is 9.91. The SMILES string of the molecule is [B]Nc1cnc2cnc(-c3ccc(O)cc3)nc2c1. The van der Waals surface area contributed by atoms with Gasteiger partial charge in [0.2, 0.25) is 7.98 Å². The van der Waals surface area contributed by atoms with Gasteiger partial charge in [-0.05, 0) is 30.3 Å². The van der Waals surface area contributed by atoms with E-state index < -0.39 is 0 Å². The van der Waals surface area contributed by atoms with E-state index in [1.165, 1.54) is 0 Å². The van der Waals surface area contributed by atoms with Gasteiger partial charge < -0.3 is 10.3 Å². The van der Waals surface area contributed by atoms with Crippen molar-refractivity contribution in [1.82, 2.24) is 15.0 Å². The van der Waals surface area contributed by atoms with Gasteiger partial charge in [0.1, 0.15) is 11.3 Å². The third-order valence-corrected chi connectivity index (χ3v) is 2.73. The number of phenolic OH excluding ortho intramolecular Hbond substituents is 1. The van der Waals surface area contributed by atoms with E-state index in [-0.39, 0.29) is 5.75 Å². The zero-order chi connectivity index (χ0) is 13.2. The lowest BCUT2D eigenvalue weighted by atomic mass is 10.2. The number of aromatic nitrogens is 3. The van der Waals surface area contributed by atoms with Crippen LogP contribution in [0.2, 0.25) is 0 Å². The summed E-state index contributed by atoms with van der Waals surface area (Å²) in [5, 5.41) is 11.8. The maximum absolute atomic E-state index is 9.27. The van der Waals surface area contributed by atoms with Gasteiger partial charge in [-0.3, -0.25) is 4.98 Å². The molecule has 0 saturated heterocycles. The molecule has 2 N–H and O–H groups in total. The molecule has 90 valence electrons. The molecule has 3 aromatic rings. The van der Waals surface area contributed by atoms with Crippen LogP contribution in [0.1, 0.15) is 0 Å². The Bertz CT molecular complexity index is 730. The van der Waals surface area contributed by atoms with Crippen LogP contribution in [0, 0.1) is 0 Å². The molecule has 6 heteroatoms. The quantitative estimate of drug-likeness (QED) is 0.677. The second-order valence-corrected chi connectivity index (χ2v) is 4.01. The Morgan fingerprint density at radius 2 is 1.79 bits per heavy atom. The van der Waals surface area contributed by atoms with E-state index in [9.17, 15) is 5.11 Å². The summed E-state index contributed by atoms with van der Waals surface area (Å²) < 4.78 is 0. The number of benzene rings is 1. The van der Waals surface area contributed by atoms with Crippen LogP contribution < -0.4 is 5.23 Å². The van der Waals surface area contributed by atoms with Gasteiger partial charge in [0.05, 0.1) is 11.7 Å². The molecule has 2 heterocycles. The van der Waals surface area contributed by atoms with Gasteiger partial charge in [-0.2, -0.15) is 0 Å². The summed E-state index contributed by atoms with van der Waals surface area (Å²) >= 11 is 0. The summed E-state index contributed by atoms with van der Waals surface area (Å²) in [5.41, 5.74) is 2.91. The lowest BCUT2D eigenvalue weighted by Gasteiger charge is -2.04. The van der Waals surface area contributed by atoms with E-state index in [1.54, 1.807) is 42.7 Å². The van der Waals surface area contributed by atoms with Gasteiger partial charge in [0, 0.05) is 17.4 Å². The molecule has 0 unspecified atom stereocenters. The Hall–Kier alpha value is -2.63. The Kier molecular flexibility index (Phi) is 2.76. The van der Waals surface area contributed by atoms with Crippen LogP contribution in [-0.4, -0.2) is 28.0 Å². The largest absolute Gasteiger partial charge is 0.508 e. The minimum Gasteiger partial charge on any atom is -0.508 e. The number of nitrogens with one attached hydrogen (secondary N) is 1. The smallest absolute Gasteiger partial charge is 0.222 e. The van der Waals surface area contributed by atoms with Crippen molar-refractivity contribution in [3.63, 3.8) is 0 Å². The number of aromatic hydroxyl groups is 1. The van der Waals surface area contributed by atoms with Crippen molar-refractivity contribution in [1.29, 1.82) is 0 Å². The van der Waals surface area contributed by atoms with E-state index in [0.717, 1.165) is 5.56 Å². The van der Waals surface area contributed by atoms with E-state index in [0.29, 0.717) is 22.5 Å². The van der Waals surface area contributed by atoms with Crippen molar-refractivity contribution >= 4 is 24.7 Å². The van der Waals surface area contributed by atoms with Crippen molar-refractivity contribution in [3.05, 3.63) is 42.7 Å². The van der Waals surface area contributed by atoms with Crippen LogP contribution >= 0.6 is 0 Å². The molecule has 0 aliphatic rings. The minimum absolute atomic E-state index is 0.209. The molecule has 0 spiro atoms. The molecular weight excluding hydrogens is 239 g/mol. The lowest BCUT2D eigenvalue weighted by molar-refractivity contribution is 0.475. The first-order valence-corrected chi connectivity index (χ1v) is 5.65. The molecule has 0 amide bonds. The summed E-state index contributed by atoms with van der Waals surface area (Å²) in [5.74, 6) is 0.782. The van der Waals surface area contributed by atoms with Crippen LogP contribution in [0.4, 0.5) is 5.69 Å². The fourth-order valence-corrected chi connectivity index (χ4v) is 1.75. The summed E-state index contributed by atoms with van der Waals surface area (Å²) in [6.07, 6.45) is 3.27. The Balaban J connectivity index is 2.12. The predicted molar refractivity (Wildman–Crippen MR) is 73.8 cm³/mol. The third kappa shape index (κ3) is 2.20. The first kappa shape index (κ1) is 11.5. The van der Waals surface area contributed by atoms with Crippen LogP contribution in [0.15, 0.2) is 42.7 Å². The third-order valence-electron chi connectivity index (χ3n) is 2.73. The van der Waals surface area contributed by atoms with Gasteiger partial charge in [-0.25, -0.2) is 9.97 Å². The number of hydrogen-bond acceptors (Lipinski definition) is 5. The van der Waals surface area contributed by atoms with Crippen LogP contribution in [0.25, 0.3) is 22.4 Å². The molecule has 2 aromatic heterocycles. The van der Waals surface area contributed by atoms with Crippen molar-refractivity contribution < 1.29 is 5.11 Å². The number of phenols is 1. The van der Waals surface area contributed by atoms with E-state index in [1.807, 2.05) is 0 Å². The predicted octanol–water partition coefficient (Wildman–Crippen LogP) is 1.89. The van der Waals surface area contributed by atoms with Crippen LogP contribution in [0.3, 0.4) is 0 Å². The number of rotatable bonds is 2. The van der Waals surface area contributed by atoms with Gasteiger partial charge in [-0.1, -0.05) is 0 Å².